The Balaban J connectivity index is 1.71. The van der Waals surface area contributed by atoms with Crippen LogP contribution in [0, 0.1) is 11.3 Å². The quantitative estimate of drug-likeness (QED) is 0.723. The van der Waals surface area contributed by atoms with Crippen molar-refractivity contribution in [1.29, 1.82) is 0 Å². The van der Waals surface area contributed by atoms with Crippen molar-refractivity contribution < 1.29 is 0 Å². The fraction of sp³-hybridized carbons (Fsp3) is 1.00. The van der Waals surface area contributed by atoms with Gasteiger partial charge in [0.1, 0.15) is 0 Å². The second-order valence-electron chi connectivity index (χ2n) is 6.08. The van der Waals surface area contributed by atoms with Crippen LogP contribution in [0.1, 0.15) is 33.6 Å². The van der Waals surface area contributed by atoms with Crippen molar-refractivity contribution in [2.45, 2.75) is 39.7 Å². The molecule has 2 saturated heterocycles. The molecule has 0 aromatic rings. The first-order valence-corrected chi connectivity index (χ1v) is 6.01. The topological polar surface area (TPSA) is 15.3 Å². The van der Waals surface area contributed by atoms with Gasteiger partial charge < -0.3 is 10.2 Å². The van der Waals surface area contributed by atoms with E-state index in [1.54, 1.807) is 0 Å². The van der Waals surface area contributed by atoms with Gasteiger partial charge in [-0.05, 0) is 37.6 Å². The third-order valence-corrected chi connectivity index (χ3v) is 3.55. The number of hydrogen-bond acceptors (Lipinski definition) is 2. The summed E-state index contributed by atoms with van der Waals surface area (Å²) >= 11 is 0. The normalized spacial score (nSPS) is 37.9. The molecule has 0 radical (unpaired) electrons. The smallest absolute Gasteiger partial charge is 0.00453 e. The molecule has 2 rings (SSSR count). The van der Waals surface area contributed by atoms with Crippen molar-refractivity contribution in [2.75, 3.05) is 26.2 Å². The molecule has 0 aliphatic carbocycles. The predicted octanol–water partition coefficient (Wildman–Crippen LogP) is 1.72. The first kappa shape index (κ1) is 10.4. The van der Waals surface area contributed by atoms with Gasteiger partial charge in [0.2, 0.25) is 0 Å². The molecule has 2 heterocycles. The number of piperidine rings is 1. The third kappa shape index (κ3) is 2.48. The minimum Gasteiger partial charge on any atom is -0.314 e. The van der Waals surface area contributed by atoms with Gasteiger partial charge in [0.15, 0.2) is 0 Å². The molecule has 0 bridgehead atoms. The zero-order valence-electron chi connectivity index (χ0n) is 9.84. The fourth-order valence-electron chi connectivity index (χ4n) is 3.06. The van der Waals surface area contributed by atoms with Gasteiger partial charge >= 0.3 is 0 Å². The highest BCUT2D eigenvalue weighted by Crippen LogP contribution is 2.30. The number of hydrogen-bond donors (Lipinski definition) is 1. The molecule has 2 aliphatic heterocycles. The van der Waals surface area contributed by atoms with Crippen molar-refractivity contribution in [3.8, 4) is 0 Å². The summed E-state index contributed by atoms with van der Waals surface area (Å²) in [6, 6.07) is 0.739. The van der Waals surface area contributed by atoms with Crippen molar-refractivity contribution >= 4 is 0 Å². The summed E-state index contributed by atoms with van der Waals surface area (Å²) in [5, 5.41) is 3.52. The standard InChI is InChI=1S/C12H24N2/c1-10-6-11(4-5-13-10)7-14-8-12(2,3)9-14/h10-11,13H,4-9H2,1-3H3. The average molecular weight is 196 g/mol. The molecule has 14 heavy (non-hydrogen) atoms. The Labute approximate surface area is 88.1 Å². The summed E-state index contributed by atoms with van der Waals surface area (Å²) in [5.74, 6) is 0.947. The van der Waals surface area contributed by atoms with Crippen LogP contribution in [0.25, 0.3) is 0 Å². The lowest BCUT2D eigenvalue weighted by atomic mass is 9.82. The summed E-state index contributed by atoms with van der Waals surface area (Å²) < 4.78 is 0. The highest BCUT2D eigenvalue weighted by atomic mass is 15.2. The lowest BCUT2D eigenvalue weighted by molar-refractivity contribution is 0.0127. The van der Waals surface area contributed by atoms with Gasteiger partial charge in [-0.15, -0.1) is 0 Å². The van der Waals surface area contributed by atoms with E-state index in [0.29, 0.717) is 5.41 Å². The van der Waals surface area contributed by atoms with Crippen LogP contribution < -0.4 is 5.32 Å². The second kappa shape index (κ2) is 3.82. The van der Waals surface area contributed by atoms with Gasteiger partial charge in [-0.1, -0.05) is 13.8 Å². The molecular formula is C12H24N2. The van der Waals surface area contributed by atoms with Crippen molar-refractivity contribution in [3.05, 3.63) is 0 Å². The summed E-state index contributed by atoms with van der Waals surface area (Å²) in [4.78, 5) is 2.63. The summed E-state index contributed by atoms with van der Waals surface area (Å²) in [6.07, 6.45) is 2.75. The summed E-state index contributed by atoms with van der Waals surface area (Å²) in [7, 11) is 0. The molecule has 2 fully saturated rings. The molecule has 2 heteroatoms. The van der Waals surface area contributed by atoms with E-state index < -0.39 is 0 Å². The van der Waals surface area contributed by atoms with Crippen LogP contribution >= 0.6 is 0 Å². The molecule has 0 aromatic heterocycles. The Morgan fingerprint density at radius 3 is 2.64 bits per heavy atom. The van der Waals surface area contributed by atoms with Crippen LogP contribution in [0.15, 0.2) is 0 Å². The molecule has 0 aromatic carbocycles. The van der Waals surface area contributed by atoms with Gasteiger partial charge in [-0.2, -0.15) is 0 Å². The second-order valence-corrected chi connectivity index (χ2v) is 6.08. The van der Waals surface area contributed by atoms with E-state index >= 15 is 0 Å². The molecule has 1 N–H and O–H groups in total. The minimum atomic E-state index is 0.596. The molecule has 2 atom stereocenters. The third-order valence-electron chi connectivity index (χ3n) is 3.55. The van der Waals surface area contributed by atoms with Crippen molar-refractivity contribution in [3.63, 3.8) is 0 Å². The number of nitrogens with one attached hydrogen (secondary N) is 1. The van der Waals surface area contributed by atoms with E-state index in [2.05, 4.69) is 31.0 Å². The van der Waals surface area contributed by atoms with Gasteiger partial charge in [0.25, 0.3) is 0 Å². The summed E-state index contributed by atoms with van der Waals surface area (Å²) in [5.41, 5.74) is 0.596. The van der Waals surface area contributed by atoms with E-state index in [4.69, 9.17) is 0 Å². The highest BCUT2D eigenvalue weighted by molar-refractivity contribution is 4.89. The summed E-state index contributed by atoms with van der Waals surface area (Å²) in [6.45, 7) is 12.2. The van der Waals surface area contributed by atoms with Crippen LogP contribution in [-0.2, 0) is 0 Å². The molecule has 2 nitrogen and oxygen atoms in total. The van der Waals surface area contributed by atoms with Crippen LogP contribution in [0.2, 0.25) is 0 Å². The van der Waals surface area contributed by atoms with E-state index in [1.165, 1.54) is 39.0 Å². The largest absolute Gasteiger partial charge is 0.314 e. The molecular weight excluding hydrogens is 172 g/mol. The number of likely N-dealkylation sites (tertiary alicyclic amines) is 1. The van der Waals surface area contributed by atoms with E-state index in [9.17, 15) is 0 Å². The first-order valence-electron chi connectivity index (χ1n) is 6.01. The lowest BCUT2D eigenvalue weighted by Gasteiger charge is -2.48. The Morgan fingerprint density at radius 1 is 1.36 bits per heavy atom. The maximum atomic E-state index is 3.52. The molecule has 82 valence electrons. The van der Waals surface area contributed by atoms with Gasteiger partial charge in [-0.3, -0.25) is 0 Å². The Kier molecular flexibility index (Phi) is 2.85. The van der Waals surface area contributed by atoms with Crippen LogP contribution in [-0.4, -0.2) is 37.1 Å². The lowest BCUT2D eigenvalue weighted by Crippen LogP contribution is -2.55. The molecule has 0 amide bonds. The van der Waals surface area contributed by atoms with Crippen LogP contribution in [0.5, 0.6) is 0 Å². The van der Waals surface area contributed by atoms with Gasteiger partial charge in [0, 0.05) is 25.7 Å². The van der Waals surface area contributed by atoms with E-state index in [-0.39, 0.29) is 0 Å². The van der Waals surface area contributed by atoms with Gasteiger partial charge in [-0.25, -0.2) is 0 Å². The maximum absolute atomic E-state index is 3.52. The Bertz CT molecular complexity index is 192. The van der Waals surface area contributed by atoms with Crippen LogP contribution in [0.3, 0.4) is 0 Å². The zero-order chi connectivity index (χ0) is 10.2. The van der Waals surface area contributed by atoms with Gasteiger partial charge in [0.05, 0.1) is 0 Å². The van der Waals surface area contributed by atoms with Crippen molar-refractivity contribution in [1.82, 2.24) is 10.2 Å². The van der Waals surface area contributed by atoms with Crippen molar-refractivity contribution in [2.24, 2.45) is 11.3 Å². The molecule has 2 unspecified atom stereocenters. The Hall–Kier alpha value is -0.0800. The van der Waals surface area contributed by atoms with E-state index in [0.717, 1.165) is 12.0 Å². The van der Waals surface area contributed by atoms with Crippen LogP contribution in [0.4, 0.5) is 0 Å². The SMILES string of the molecule is CC1CC(CN2CC(C)(C)C2)CCN1. The molecule has 0 spiro atoms. The average Bonchev–Trinajstić information content (AvgIpc) is 2.00. The Morgan fingerprint density at radius 2 is 2.07 bits per heavy atom. The monoisotopic (exact) mass is 196 g/mol. The molecule has 0 saturated carbocycles. The zero-order valence-corrected chi connectivity index (χ0v) is 9.84. The number of rotatable bonds is 2. The minimum absolute atomic E-state index is 0.596. The highest BCUT2D eigenvalue weighted by Gasteiger charge is 2.35. The molecule has 2 aliphatic rings. The predicted molar refractivity (Wildman–Crippen MR) is 60.4 cm³/mol. The fourth-order valence-corrected chi connectivity index (χ4v) is 3.06. The maximum Gasteiger partial charge on any atom is 0.00453 e. The number of nitrogens with zero attached hydrogens (tertiary/aromatic N) is 1. The van der Waals surface area contributed by atoms with E-state index in [1.807, 2.05) is 0 Å². The first-order chi connectivity index (χ1) is 6.55.